The van der Waals surface area contributed by atoms with E-state index >= 15 is 0 Å². The molecule has 2 amide bonds. The predicted octanol–water partition coefficient (Wildman–Crippen LogP) is 1.73. The van der Waals surface area contributed by atoms with Crippen molar-refractivity contribution in [2.24, 2.45) is 0 Å². The zero-order chi connectivity index (χ0) is 15.0. The smallest absolute Gasteiger partial charge is 0.326 e. The van der Waals surface area contributed by atoms with Crippen molar-refractivity contribution in [2.75, 3.05) is 12.0 Å². The van der Waals surface area contributed by atoms with E-state index in [0.29, 0.717) is 0 Å². The number of amides is 2. The van der Waals surface area contributed by atoms with Crippen molar-refractivity contribution in [1.29, 1.82) is 0 Å². The second-order valence-corrected chi connectivity index (χ2v) is 5.47. The minimum absolute atomic E-state index is 0.00355. The number of carbonyl (C=O) groups is 2. The van der Waals surface area contributed by atoms with Gasteiger partial charge in [0.2, 0.25) is 0 Å². The molecule has 1 rings (SSSR count). The summed E-state index contributed by atoms with van der Waals surface area (Å²) in [5.74, 6) is -0.259. The largest absolute Gasteiger partial charge is 0.480 e. The SMILES string of the molecule is CSCC(C)NC(=O)N[C@H](Cc1ccccc1)C(=O)O. The van der Waals surface area contributed by atoms with Crippen LogP contribution in [-0.2, 0) is 11.2 Å². The van der Waals surface area contributed by atoms with Gasteiger partial charge in [-0.3, -0.25) is 0 Å². The van der Waals surface area contributed by atoms with Crippen molar-refractivity contribution >= 4 is 23.8 Å². The number of nitrogens with one attached hydrogen (secondary N) is 2. The molecule has 0 aliphatic heterocycles. The Bertz CT molecular complexity index is 439. The average Bonchev–Trinajstić information content (AvgIpc) is 2.39. The molecule has 0 saturated heterocycles. The summed E-state index contributed by atoms with van der Waals surface area (Å²) in [5.41, 5.74) is 0.873. The number of benzene rings is 1. The molecule has 5 nitrogen and oxygen atoms in total. The molecule has 1 aromatic rings. The number of hydrogen-bond acceptors (Lipinski definition) is 3. The summed E-state index contributed by atoms with van der Waals surface area (Å²) < 4.78 is 0. The van der Waals surface area contributed by atoms with Crippen LogP contribution < -0.4 is 10.6 Å². The van der Waals surface area contributed by atoms with Crippen LogP contribution >= 0.6 is 11.8 Å². The highest BCUT2D eigenvalue weighted by atomic mass is 32.2. The van der Waals surface area contributed by atoms with Crippen molar-refractivity contribution in [1.82, 2.24) is 10.6 Å². The summed E-state index contributed by atoms with van der Waals surface area (Å²) in [4.78, 5) is 22.9. The second kappa shape index (κ2) is 8.47. The number of hydrogen-bond donors (Lipinski definition) is 3. The van der Waals surface area contributed by atoms with Crippen LogP contribution in [0.15, 0.2) is 30.3 Å². The van der Waals surface area contributed by atoms with Gasteiger partial charge in [-0.05, 0) is 18.7 Å². The molecule has 0 radical (unpaired) electrons. The molecule has 0 aromatic heterocycles. The lowest BCUT2D eigenvalue weighted by atomic mass is 10.1. The highest BCUT2D eigenvalue weighted by molar-refractivity contribution is 7.98. The van der Waals surface area contributed by atoms with Crippen molar-refractivity contribution in [3.05, 3.63) is 35.9 Å². The van der Waals surface area contributed by atoms with E-state index in [1.165, 1.54) is 0 Å². The van der Waals surface area contributed by atoms with Crippen LogP contribution in [0.4, 0.5) is 4.79 Å². The Labute approximate surface area is 123 Å². The number of rotatable bonds is 7. The molecule has 1 unspecified atom stereocenters. The minimum atomic E-state index is -1.04. The van der Waals surface area contributed by atoms with Crippen molar-refractivity contribution < 1.29 is 14.7 Å². The number of aliphatic carboxylic acids is 1. The maximum atomic E-state index is 11.7. The van der Waals surface area contributed by atoms with Crippen molar-refractivity contribution in [3.8, 4) is 0 Å². The molecule has 1 aromatic carbocycles. The molecule has 2 atom stereocenters. The summed E-state index contributed by atoms with van der Waals surface area (Å²) in [6.45, 7) is 1.88. The monoisotopic (exact) mass is 296 g/mol. The number of carbonyl (C=O) groups excluding carboxylic acids is 1. The predicted molar refractivity (Wildman–Crippen MR) is 81.1 cm³/mol. The first-order chi connectivity index (χ1) is 9.52. The summed E-state index contributed by atoms with van der Waals surface area (Å²) in [5, 5.41) is 14.4. The lowest BCUT2D eigenvalue weighted by Crippen LogP contribution is -2.49. The van der Waals surface area contributed by atoms with Gasteiger partial charge < -0.3 is 15.7 Å². The maximum Gasteiger partial charge on any atom is 0.326 e. The van der Waals surface area contributed by atoms with Gasteiger partial charge in [0.1, 0.15) is 6.04 Å². The Hall–Kier alpha value is -1.69. The number of thioether (sulfide) groups is 1. The van der Waals surface area contributed by atoms with E-state index in [1.807, 2.05) is 43.5 Å². The maximum absolute atomic E-state index is 11.7. The van der Waals surface area contributed by atoms with E-state index in [0.717, 1.165) is 11.3 Å². The van der Waals surface area contributed by atoms with Gasteiger partial charge in [-0.25, -0.2) is 9.59 Å². The standard InChI is InChI=1S/C14H20N2O3S/c1-10(9-20-2)15-14(19)16-12(13(17)18)8-11-6-4-3-5-7-11/h3-7,10,12H,8-9H2,1-2H3,(H,17,18)(H2,15,16,19)/t10?,12-/m1/s1. The number of urea groups is 1. The third kappa shape index (κ3) is 5.97. The molecule has 6 heteroatoms. The highest BCUT2D eigenvalue weighted by Crippen LogP contribution is 2.03. The molecule has 0 fully saturated rings. The van der Waals surface area contributed by atoms with Crippen LogP contribution in [0.1, 0.15) is 12.5 Å². The van der Waals surface area contributed by atoms with Crippen LogP contribution in [0, 0.1) is 0 Å². The van der Waals surface area contributed by atoms with Gasteiger partial charge in [0.15, 0.2) is 0 Å². The average molecular weight is 296 g/mol. The summed E-state index contributed by atoms with van der Waals surface area (Å²) >= 11 is 1.62. The van der Waals surface area contributed by atoms with E-state index in [2.05, 4.69) is 10.6 Å². The highest BCUT2D eigenvalue weighted by Gasteiger charge is 2.20. The third-order valence-corrected chi connectivity index (χ3v) is 3.51. The normalized spacial score (nSPS) is 13.3. The lowest BCUT2D eigenvalue weighted by Gasteiger charge is -2.18. The fourth-order valence-electron chi connectivity index (χ4n) is 1.77. The molecule has 0 spiro atoms. The third-order valence-electron chi connectivity index (χ3n) is 2.68. The molecule has 20 heavy (non-hydrogen) atoms. The van der Waals surface area contributed by atoms with Gasteiger partial charge in [-0.1, -0.05) is 30.3 Å². The van der Waals surface area contributed by atoms with E-state index in [-0.39, 0.29) is 12.5 Å². The van der Waals surface area contributed by atoms with Gasteiger partial charge in [0.25, 0.3) is 0 Å². The van der Waals surface area contributed by atoms with E-state index in [9.17, 15) is 14.7 Å². The van der Waals surface area contributed by atoms with E-state index in [1.54, 1.807) is 11.8 Å². The molecule has 0 bridgehead atoms. The Kier molecular flexibility index (Phi) is 6.93. The Balaban J connectivity index is 2.55. The van der Waals surface area contributed by atoms with Crippen LogP contribution in [0.5, 0.6) is 0 Å². The summed E-state index contributed by atoms with van der Waals surface area (Å²) in [6, 6.07) is 7.84. The van der Waals surface area contributed by atoms with Crippen LogP contribution in [0.2, 0.25) is 0 Å². The molecule has 110 valence electrons. The quantitative estimate of drug-likeness (QED) is 0.716. The molecule has 0 aliphatic carbocycles. The van der Waals surface area contributed by atoms with Crippen LogP contribution in [0.25, 0.3) is 0 Å². The Morgan fingerprint density at radius 3 is 2.45 bits per heavy atom. The molecule has 0 saturated carbocycles. The number of carboxylic acid groups (broad SMARTS) is 1. The molecule has 0 heterocycles. The molecular formula is C14H20N2O3S. The summed E-state index contributed by atoms with van der Waals surface area (Å²) in [7, 11) is 0. The first-order valence-electron chi connectivity index (χ1n) is 6.35. The van der Waals surface area contributed by atoms with Crippen LogP contribution in [-0.4, -0.2) is 41.2 Å². The Morgan fingerprint density at radius 2 is 1.90 bits per heavy atom. The van der Waals surface area contributed by atoms with Crippen LogP contribution in [0.3, 0.4) is 0 Å². The van der Waals surface area contributed by atoms with Gasteiger partial charge in [0.05, 0.1) is 0 Å². The van der Waals surface area contributed by atoms with Crippen molar-refractivity contribution in [3.63, 3.8) is 0 Å². The van der Waals surface area contributed by atoms with E-state index in [4.69, 9.17) is 0 Å². The van der Waals surface area contributed by atoms with E-state index < -0.39 is 18.0 Å². The topological polar surface area (TPSA) is 78.4 Å². The van der Waals surface area contributed by atoms with Crippen molar-refractivity contribution in [2.45, 2.75) is 25.4 Å². The number of carboxylic acids is 1. The first kappa shape index (κ1) is 16.4. The zero-order valence-corrected chi connectivity index (χ0v) is 12.4. The molecular weight excluding hydrogens is 276 g/mol. The zero-order valence-electron chi connectivity index (χ0n) is 11.6. The second-order valence-electron chi connectivity index (χ2n) is 4.55. The van der Waals surface area contributed by atoms with Gasteiger partial charge in [0, 0.05) is 18.2 Å². The fourth-order valence-corrected chi connectivity index (χ4v) is 2.35. The molecule has 3 N–H and O–H groups in total. The first-order valence-corrected chi connectivity index (χ1v) is 7.75. The summed E-state index contributed by atoms with van der Waals surface area (Å²) in [6.07, 6.45) is 2.21. The van der Waals surface area contributed by atoms with Gasteiger partial charge in [-0.15, -0.1) is 0 Å². The minimum Gasteiger partial charge on any atom is -0.480 e. The molecule has 0 aliphatic rings. The Morgan fingerprint density at radius 1 is 1.25 bits per heavy atom. The van der Waals surface area contributed by atoms with Gasteiger partial charge >= 0.3 is 12.0 Å². The fraction of sp³-hybridized carbons (Fsp3) is 0.429. The van der Waals surface area contributed by atoms with Gasteiger partial charge in [-0.2, -0.15) is 11.8 Å². The lowest BCUT2D eigenvalue weighted by molar-refractivity contribution is -0.139.